The van der Waals surface area contributed by atoms with Crippen molar-refractivity contribution in [2.24, 2.45) is 0 Å². The van der Waals surface area contributed by atoms with Crippen molar-refractivity contribution in [3.05, 3.63) is 83.8 Å². The second-order valence-electron chi connectivity index (χ2n) is 10.5. The van der Waals surface area contributed by atoms with E-state index in [9.17, 15) is 22.9 Å². The lowest BCUT2D eigenvalue weighted by molar-refractivity contribution is 0.0964. The van der Waals surface area contributed by atoms with E-state index in [4.69, 9.17) is 14.1 Å². The van der Waals surface area contributed by atoms with Gasteiger partial charge in [-0.1, -0.05) is 6.07 Å². The van der Waals surface area contributed by atoms with Gasteiger partial charge in [-0.15, -0.1) is 0 Å². The summed E-state index contributed by atoms with van der Waals surface area (Å²) < 4.78 is 54.4. The maximum absolute atomic E-state index is 13.7. The van der Waals surface area contributed by atoms with E-state index in [0.717, 1.165) is 21.5 Å². The van der Waals surface area contributed by atoms with Crippen LogP contribution in [0.4, 0.5) is 10.1 Å². The van der Waals surface area contributed by atoms with E-state index in [0.29, 0.717) is 39.2 Å². The summed E-state index contributed by atoms with van der Waals surface area (Å²) in [4.78, 5) is 22.6. The molecule has 1 N–H and O–H groups in total. The summed E-state index contributed by atoms with van der Waals surface area (Å²) in [6, 6.07) is 18.2. The maximum atomic E-state index is 13.7. The first kappa shape index (κ1) is 28.1. The van der Waals surface area contributed by atoms with Crippen molar-refractivity contribution in [2.45, 2.75) is 6.73 Å². The summed E-state index contributed by atoms with van der Waals surface area (Å²) in [5.41, 5.74) is 4.14. The van der Waals surface area contributed by atoms with Crippen molar-refractivity contribution >= 4 is 43.5 Å². The number of benzene rings is 3. The summed E-state index contributed by atoms with van der Waals surface area (Å²) in [7, 11) is -0.881. The average Bonchev–Trinajstić information content (AvgIpc) is 3.61. The van der Waals surface area contributed by atoms with Gasteiger partial charge < -0.3 is 19.0 Å². The van der Waals surface area contributed by atoms with E-state index in [1.807, 2.05) is 16.7 Å². The van der Waals surface area contributed by atoms with Gasteiger partial charge >= 0.3 is 0 Å². The number of hydrogen-bond acceptors (Lipinski definition) is 8. The van der Waals surface area contributed by atoms with Gasteiger partial charge in [0, 0.05) is 42.1 Å². The van der Waals surface area contributed by atoms with Crippen LogP contribution in [0.15, 0.2) is 71.3 Å². The molecule has 0 fully saturated rings. The minimum Gasteiger partial charge on any atom is -0.455 e. The first-order chi connectivity index (χ1) is 21.6. The molecule has 0 spiro atoms. The molecule has 45 heavy (non-hydrogen) atoms. The number of nitrogens with one attached hydrogen (secondary N) is 1. The Morgan fingerprint density at radius 3 is 2.62 bits per heavy atom. The lowest BCUT2D eigenvalue weighted by Gasteiger charge is -2.22. The van der Waals surface area contributed by atoms with Crippen LogP contribution in [0.25, 0.3) is 55.8 Å². The molecule has 6 aromatic rings. The number of hydrogen-bond donors (Lipinski definition) is 1. The third kappa shape index (κ3) is 4.46. The van der Waals surface area contributed by atoms with Gasteiger partial charge in [-0.3, -0.25) is 9.10 Å². The average molecular weight is 623 g/mol. The van der Waals surface area contributed by atoms with Gasteiger partial charge in [-0.05, 0) is 48.5 Å². The second-order valence-corrected chi connectivity index (χ2v) is 12.5. The summed E-state index contributed by atoms with van der Waals surface area (Å²) in [6.45, 7) is 0.166. The summed E-state index contributed by atoms with van der Waals surface area (Å²) in [5.74, 6) is -0.434. The lowest BCUT2D eigenvalue weighted by atomic mass is 10.0. The number of furan rings is 1. The van der Waals surface area contributed by atoms with Crippen molar-refractivity contribution < 1.29 is 26.8 Å². The topological polar surface area (TPSA) is 143 Å². The fourth-order valence-corrected chi connectivity index (χ4v) is 6.06. The molecule has 1 amide bonds. The molecule has 3 aromatic heterocycles. The van der Waals surface area contributed by atoms with Gasteiger partial charge in [0.25, 0.3) is 5.91 Å². The number of ether oxygens (including phenoxy) is 1. The number of amides is 1. The molecule has 0 radical (unpaired) electrons. The smallest absolute Gasteiger partial charge is 0.255 e. The van der Waals surface area contributed by atoms with Crippen LogP contribution >= 0.6 is 0 Å². The molecule has 0 bridgehead atoms. The van der Waals surface area contributed by atoms with Crippen LogP contribution in [0.3, 0.4) is 0 Å². The van der Waals surface area contributed by atoms with E-state index in [1.165, 1.54) is 50.6 Å². The van der Waals surface area contributed by atoms with Crippen LogP contribution in [0, 0.1) is 17.1 Å². The van der Waals surface area contributed by atoms with Crippen LogP contribution in [0.2, 0.25) is 0 Å². The van der Waals surface area contributed by atoms with Gasteiger partial charge in [0.1, 0.15) is 22.9 Å². The molecule has 3 aromatic carbocycles. The summed E-state index contributed by atoms with van der Waals surface area (Å²) >= 11 is 0. The molecule has 13 heteroatoms. The van der Waals surface area contributed by atoms with Gasteiger partial charge in [0.15, 0.2) is 6.73 Å². The van der Waals surface area contributed by atoms with Gasteiger partial charge in [-0.25, -0.2) is 22.8 Å². The van der Waals surface area contributed by atoms with Gasteiger partial charge in [0.05, 0.1) is 52.2 Å². The Kier molecular flexibility index (Phi) is 6.34. The van der Waals surface area contributed by atoms with E-state index in [-0.39, 0.29) is 35.2 Å². The van der Waals surface area contributed by atoms with Crippen LogP contribution in [-0.4, -0.2) is 49.2 Å². The van der Waals surface area contributed by atoms with E-state index in [1.54, 1.807) is 18.2 Å². The molecule has 1 aliphatic rings. The standard InChI is InChI=1S/C32H23FN6O5S/c1-35-31(40)28-22-11-21(25(38(2)45(3,41)42)13-27(22)44-30(28)17-7-9-19(33)10-8-17)23-15-36-32-29(37-23)26-12-20-18(14-34)5-4-6-24(20)39(26)16-43-32/h4-13,15H,16H2,1-3H3,(H,35,40). The minimum atomic E-state index is -3.76. The number of rotatable bonds is 5. The summed E-state index contributed by atoms with van der Waals surface area (Å²) in [5, 5.41) is 13.4. The third-order valence-corrected chi connectivity index (χ3v) is 9.05. The number of nitrogens with zero attached hydrogens (tertiary/aromatic N) is 5. The van der Waals surface area contributed by atoms with Crippen LogP contribution in [-0.2, 0) is 16.8 Å². The lowest BCUT2D eigenvalue weighted by Crippen LogP contribution is -2.25. The van der Waals surface area contributed by atoms with Crippen LogP contribution in [0.1, 0.15) is 15.9 Å². The predicted octanol–water partition coefficient (Wildman–Crippen LogP) is 5.29. The molecule has 11 nitrogen and oxygen atoms in total. The first-order valence-corrected chi connectivity index (χ1v) is 15.5. The zero-order valence-electron chi connectivity index (χ0n) is 24.1. The number of nitriles is 1. The predicted molar refractivity (Wildman–Crippen MR) is 166 cm³/mol. The molecular formula is C32H23FN6O5S. The Hall–Kier alpha value is -5.74. The zero-order chi connectivity index (χ0) is 31.6. The molecule has 0 saturated heterocycles. The Bertz CT molecular complexity index is 2360. The normalized spacial score (nSPS) is 12.3. The van der Waals surface area contributed by atoms with Gasteiger partial charge in [-0.2, -0.15) is 5.26 Å². The number of aromatic nitrogens is 3. The van der Waals surface area contributed by atoms with Gasteiger partial charge in [0.2, 0.25) is 15.9 Å². The van der Waals surface area contributed by atoms with E-state index in [2.05, 4.69) is 16.4 Å². The second kappa shape index (κ2) is 10.2. The molecule has 4 heterocycles. The quantitative estimate of drug-likeness (QED) is 0.273. The molecule has 0 aliphatic carbocycles. The number of carbonyl (C=O) groups excluding carboxylic acids is 1. The number of sulfonamides is 1. The van der Waals surface area contributed by atoms with Crippen molar-refractivity contribution in [1.82, 2.24) is 19.9 Å². The molecule has 0 atom stereocenters. The van der Waals surface area contributed by atoms with Crippen molar-refractivity contribution in [2.75, 3.05) is 24.7 Å². The fourth-order valence-electron chi connectivity index (χ4n) is 5.55. The number of carbonyl (C=O) groups is 1. The fraction of sp³-hybridized carbons (Fsp3) is 0.125. The largest absolute Gasteiger partial charge is 0.455 e. The molecule has 1 aliphatic heterocycles. The van der Waals surface area contributed by atoms with E-state index < -0.39 is 21.7 Å². The molecule has 0 unspecified atom stereocenters. The highest BCUT2D eigenvalue weighted by molar-refractivity contribution is 7.92. The Morgan fingerprint density at radius 1 is 1.13 bits per heavy atom. The minimum absolute atomic E-state index is 0.166. The maximum Gasteiger partial charge on any atom is 0.255 e. The zero-order valence-corrected chi connectivity index (χ0v) is 24.9. The highest BCUT2D eigenvalue weighted by Crippen LogP contribution is 2.43. The number of anilines is 1. The Labute approximate surface area is 256 Å². The van der Waals surface area contributed by atoms with Crippen LogP contribution < -0.4 is 14.4 Å². The summed E-state index contributed by atoms with van der Waals surface area (Å²) in [6.07, 6.45) is 2.54. The molecule has 7 rings (SSSR count). The van der Waals surface area contributed by atoms with Crippen molar-refractivity contribution in [1.29, 1.82) is 5.26 Å². The monoisotopic (exact) mass is 622 g/mol. The van der Waals surface area contributed by atoms with Crippen molar-refractivity contribution in [3.8, 4) is 45.9 Å². The molecular weight excluding hydrogens is 599 g/mol. The molecule has 224 valence electrons. The number of fused-ring (bicyclic) bond motifs is 6. The van der Waals surface area contributed by atoms with Crippen LogP contribution in [0.5, 0.6) is 5.88 Å². The highest BCUT2D eigenvalue weighted by atomic mass is 32.2. The SMILES string of the molecule is CNC(=O)c1c(-c2ccc(F)cc2)oc2cc(N(C)S(C)(=O)=O)c(-c3cnc4c(n3)-c3cc5c(C#N)cccc5n3CO4)cc12. The van der Waals surface area contributed by atoms with Crippen molar-refractivity contribution in [3.63, 3.8) is 0 Å². The third-order valence-electron chi connectivity index (χ3n) is 7.86. The Morgan fingerprint density at radius 2 is 1.91 bits per heavy atom. The van der Waals surface area contributed by atoms with E-state index >= 15 is 0 Å². The Balaban J connectivity index is 1.49. The molecule has 0 saturated carbocycles. The first-order valence-electron chi connectivity index (χ1n) is 13.6. The highest BCUT2D eigenvalue weighted by Gasteiger charge is 2.28. The number of halogens is 1.